The zero-order valence-corrected chi connectivity index (χ0v) is 13.7. The summed E-state index contributed by atoms with van der Waals surface area (Å²) in [4.78, 5) is 32.0. The number of carbonyl (C=O) groups excluding carboxylic acids is 2. The number of rotatable bonds is 4. The lowest BCUT2D eigenvalue weighted by Crippen LogP contribution is -2.13. The molecule has 1 aromatic heterocycles. The van der Waals surface area contributed by atoms with Crippen molar-refractivity contribution in [3.63, 3.8) is 0 Å². The van der Waals surface area contributed by atoms with Gasteiger partial charge in [-0.1, -0.05) is 18.2 Å². The third kappa shape index (κ3) is 3.64. The van der Waals surface area contributed by atoms with Gasteiger partial charge in [0.2, 0.25) is 5.91 Å². The Kier molecular flexibility index (Phi) is 4.72. The molecule has 7 heteroatoms. The average molecular weight is 353 g/mol. The van der Waals surface area contributed by atoms with Crippen LogP contribution in [0.2, 0.25) is 5.02 Å². The van der Waals surface area contributed by atoms with Crippen LogP contribution >= 0.6 is 11.6 Å². The third-order valence-corrected chi connectivity index (χ3v) is 3.81. The summed E-state index contributed by atoms with van der Waals surface area (Å²) in [6, 6.07) is 9.87. The summed E-state index contributed by atoms with van der Waals surface area (Å²) in [5.41, 5.74) is 2.60. The van der Waals surface area contributed by atoms with Gasteiger partial charge in [-0.3, -0.25) is 19.6 Å². The highest BCUT2D eigenvalue weighted by atomic mass is 35.5. The van der Waals surface area contributed by atoms with Crippen molar-refractivity contribution in [2.24, 2.45) is 0 Å². The first-order chi connectivity index (χ1) is 12.1. The van der Waals surface area contributed by atoms with Crippen molar-refractivity contribution in [1.29, 1.82) is 0 Å². The minimum Gasteiger partial charge on any atom is -0.323 e. The van der Waals surface area contributed by atoms with E-state index >= 15 is 0 Å². The summed E-state index contributed by atoms with van der Waals surface area (Å²) < 4.78 is 0. The lowest BCUT2D eigenvalue weighted by atomic mass is 10.2. The molecule has 0 saturated carbocycles. The van der Waals surface area contributed by atoms with Crippen molar-refractivity contribution in [2.45, 2.75) is 0 Å². The summed E-state index contributed by atoms with van der Waals surface area (Å²) in [6.07, 6.45) is 4.28. The molecule has 6 nitrogen and oxygen atoms in total. The van der Waals surface area contributed by atoms with Gasteiger partial charge in [0.1, 0.15) is 5.52 Å². The number of aromatic nitrogens is 2. The van der Waals surface area contributed by atoms with Crippen LogP contribution in [0, 0.1) is 0 Å². The largest absolute Gasteiger partial charge is 0.323 e. The van der Waals surface area contributed by atoms with Crippen LogP contribution in [0.5, 0.6) is 0 Å². The highest BCUT2D eigenvalue weighted by Crippen LogP contribution is 2.28. The zero-order valence-electron chi connectivity index (χ0n) is 13.0. The van der Waals surface area contributed by atoms with Crippen molar-refractivity contribution < 1.29 is 9.59 Å². The fourth-order valence-corrected chi connectivity index (χ4v) is 2.45. The average Bonchev–Trinajstić information content (AvgIpc) is 2.64. The van der Waals surface area contributed by atoms with Gasteiger partial charge in [0.25, 0.3) is 5.91 Å². The molecule has 25 heavy (non-hydrogen) atoms. The second kappa shape index (κ2) is 7.11. The summed E-state index contributed by atoms with van der Waals surface area (Å²) in [5, 5.41) is 5.69. The zero-order chi connectivity index (χ0) is 17.8. The van der Waals surface area contributed by atoms with Crippen LogP contribution in [0.25, 0.3) is 11.0 Å². The Morgan fingerprint density at radius 2 is 1.72 bits per heavy atom. The van der Waals surface area contributed by atoms with Gasteiger partial charge in [-0.05, 0) is 42.5 Å². The minimum atomic E-state index is -0.327. The lowest BCUT2D eigenvalue weighted by Gasteiger charge is -2.09. The van der Waals surface area contributed by atoms with E-state index < -0.39 is 0 Å². The van der Waals surface area contributed by atoms with E-state index in [0.717, 1.165) is 0 Å². The molecule has 1 heterocycles. The van der Waals surface area contributed by atoms with E-state index in [4.69, 9.17) is 11.6 Å². The fraction of sp³-hybridized carbons (Fsp3) is 0. The number of fused-ring (bicyclic) bond motifs is 1. The topological polar surface area (TPSA) is 84.0 Å². The predicted octanol–water partition coefficient (Wildman–Crippen LogP) is 3.66. The van der Waals surface area contributed by atoms with Crippen LogP contribution in [0.3, 0.4) is 0 Å². The first kappa shape index (κ1) is 16.6. The molecule has 2 amide bonds. The normalized spacial score (nSPS) is 10.3. The van der Waals surface area contributed by atoms with Crippen LogP contribution in [0.4, 0.5) is 11.4 Å². The second-order valence-corrected chi connectivity index (χ2v) is 5.45. The maximum absolute atomic E-state index is 12.4. The molecular weight excluding hydrogens is 340 g/mol. The Morgan fingerprint density at radius 3 is 2.44 bits per heavy atom. The van der Waals surface area contributed by atoms with E-state index in [9.17, 15) is 9.59 Å². The van der Waals surface area contributed by atoms with Crippen molar-refractivity contribution >= 4 is 45.8 Å². The molecule has 0 bridgehead atoms. The molecule has 0 aliphatic carbocycles. The standard InChI is InChI=1S/C18H13ClN4O2/c1-2-15(24)22-12-5-3-11(4-6-12)18(25)23-13-7-8-14-17(16(13)19)21-10-9-20-14/h2-10H,1H2,(H,22,24)(H,23,25). The first-order valence-corrected chi connectivity index (χ1v) is 7.70. The monoisotopic (exact) mass is 352 g/mol. The Hall–Kier alpha value is -3.25. The van der Waals surface area contributed by atoms with E-state index in [1.165, 1.54) is 12.3 Å². The molecule has 0 atom stereocenters. The van der Waals surface area contributed by atoms with Crippen molar-refractivity contribution in [3.8, 4) is 0 Å². The molecule has 0 radical (unpaired) electrons. The van der Waals surface area contributed by atoms with E-state index in [1.54, 1.807) is 42.6 Å². The highest BCUT2D eigenvalue weighted by Gasteiger charge is 2.12. The van der Waals surface area contributed by atoms with E-state index in [0.29, 0.717) is 33.0 Å². The lowest BCUT2D eigenvalue weighted by molar-refractivity contribution is -0.111. The number of amides is 2. The molecule has 124 valence electrons. The van der Waals surface area contributed by atoms with E-state index in [-0.39, 0.29) is 11.8 Å². The summed E-state index contributed by atoms with van der Waals surface area (Å²) in [6.45, 7) is 3.38. The molecule has 0 aliphatic heterocycles. The number of nitrogens with zero attached hydrogens (tertiary/aromatic N) is 2. The van der Waals surface area contributed by atoms with Gasteiger partial charge in [-0.25, -0.2) is 0 Å². The quantitative estimate of drug-likeness (QED) is 0.702. The van der Waals surface area contributed by atoms with Gasteiger partial charge < -0.3 is 10.6 Å². The summed E-state index contributed by atoms with van der Waals surface area (Å²) >= 11 is 6.30. The molecular formula is C18H13ClN4O2. The van der Waals surface area contributed by atoms with Gasteiger partial charge in [-0.2, -0.15) is 0 Å². The third-order valence-electron chi connectivity index (χ3n) is 3.43. The van der Waals surface area contributed by atoms with Gasteiger partial charge >= 0.3 is 0 Å². The van der Waals surface area contributed by atoms with Crippen LogP contribution in [0.15, 0.2) is 61.4 Å². The molecule has 0 unspecified atom stereocenters. The molecule has 2 N–H and O–H groups in total. The smallest absolute Gasteiger partial charge is 0.255 e. The number of nitrogens with one attached hydrogen (secondary N) is 2. The van der Waals surface area contributed by atoms with Crippen LogP contribution in [-0.2, 0) is 4.79 Å². The predicted molar refractivity (Wildman–Crippen MR) is 97.8 cm³/mol. The number of hydrogen-bond acceptors (Lipinski definition) is 4. The number of carbonyl (C=O) groups is 2. The molecule has 0 spiro atoms. The molecule has 0 aliphatic rings. The number of anilines is 2. The Morgan fingerprint density at radius 1 is 1.00 bits per heavy atom. The number of benzene rings is 2. The van der Waals surface area contributed by atoms with E-state index in [2.05, 4.69) is 27.2 Å². The minimum absolute atomic E-state index is 0.318. The van der Waals surface area contributed by atoms with Crippen molar-refractivity contribution in [1.82, 2.24) is 9.97 Å². The van der Waals surface area contributed by atoms with Gasteiger partial charge in [0.15, 0.2) is 0 Å². The molecule has 3 rings (SSSR count). The van der Waals surface area contributed by atoms with Gasteiger partial charge in [0, 0.05) is 23.6 Å². The molecule has 0 fully saturated rings. The Bertz CT molecular complexity index is 970. The SMILES string of the molecule is C=CC(=O)Nc1ccc(C(=O)Nc2ccc3nccnc3c2Cl)cc1. The van der Waals surface area contributed by atoms with Gasteiger partial charge in [0.05, 0.1) is 16.2 Å². The number of halogens is 1. The van der Waals surface area contributed by atoms with Crippen molar-refractivity contribution in [3.05, 3.63) is 72.0 Å². The van der Waals surface area contributed by atoms with Crippen LogP contribution in [-0.4, -0.2) is 21.8 Å². The summed E-state index contributed by atoms with van der Waals surface area (Å²) in [5.74, 6) is -0.645. The second-order valence-electron chi connectivity index (χ2n) is 5.08. The molecule has 0 saturated heterocycles. The van der Waals surface area contributed by atoms with Gasteiger partial charge in [-0.15, -0.1) is 0 Å². The van der Waals surface area contributed by atoms with Crippen LogP contribution < -0.4 is 10.6 Å². The molecule has 2 aromatic carbocycles. The highest BCUT2D eigenvalue weighted by molar-refractivity contribution is 6.38. The van der Waals surface area contributed by atoms with E-state index in [1.807, 2.05) is 0 Å². The Balaban J connectivity index is 1.79. The maximum atomic E-state index is 12.4. The summed E-state index contributed by atoms with van der Waals surface area (Å²) in [7, 11) is 0. The fourth-order valence-electron chi connectivity index (χ4n) is 2.19. The van der Waals surface area contributed by atoms with Crippen LogP contribution in [0.1, 0.15) is 10.4 Å². The van der Waals surface area contributed by atoms with Crippen molar-refractivity contribution in [2.75, 3.05) is 10.6 Å². The maximum Gasteiger partial charge on any atom is 0.255 e. The molecule has 3 aromatic rings. The number of hydrogen-bond donors (Lipinski definition) is 2. The Labute approximate surface area is 148 Å². The first-order valence-electron chi connectivity index (χ1n) is 7.32.